The van der Waals surface area contributed by atoms with E-state index in [0.717, 1.165) is 0 Å². The van der Waals surface area contributed by atoms with Crippen molar-refractivity contribution in [3.63, 3.8) is 0 Å². The fourth-order valence-electron chi connectivity index (χ4n) is 2.60. The molecule has 0 radical (unpaired) electrons. The molecule has 0 amide bonds. The summed E-state index contributed by atoms with van der Waals surface area (Å²) in [7, 11) is 0. The van der Waals surface area contributed by atoms with Crippen molar-refractivity contribution in [3.05, 3.63) is 35.9 Å². The standard InChI is InChI=1S/C17H18F3N3O4/c1-2-26-14(24)16(17(18,19)20)21-13(12-6-4-3-5-7-12)27-15(22-16)23-8-10-25-11-9-23/h3-7H,2,8-11H2,1H3/t16-/m0/s1. The number of alkyl halides is 3. The topological polar surface area (TPSA) is 72.7 Å². The number of carbonyl (C=O) groups excluding carboxylic acids is 1. The first-order chi connectivity index (χ1) is 12.9. The number of aliphatic imine (C=N–C) groups is 2. The maximum absolute atomic E-state index is 14.0. The van der Waals surface area contributed by atoms with Crippen molar-refractivity contribution >= 4 is 17.9 Å². The largest absolute Gasteiger partial charge is 0.462 e. The van der Waals surface area contributed by atoms with Gasteiger partial charge in [-0.25, -0.2) is 4.79 Å². The van der Waals surface area contributed by atoms with Crippen LogP contribution in [-0.2, 0) is 19.0 Å². The summed E-state index contributed by atoms with van der Waals surface area (Å²) in [6.45, 7) is 2.33. The van der Waals surface area contributed by atoms with Gasteiger partial charge in [0.15, 0.2) is 0 Å². The molecule has 1 atom stereocenters. The van der Waals surface area contributed by atoms with Crippen LogP contribution in [0.25, 0.3) is 0 Å². The molecule has 1 aromatic carbocycles. The number of ether oxygens (including phenoxy) is 3. The molecular formula is C17H18F3N3O4. The SMILES string of the molecule is CCOC(=O)[C@]1(C(F)(F)F)N=C(c2ccccc2)OC(N2CCOCC2)=N1. The minimum atomic E-state index is -5.11. The van der Waals surface area contributed by atoms with E-state index >= 15 is 0 Å². The molecule has 1 aromatic rings. The van der Waals surface area contributed by atoms with Gasteiger partial charge < -0.3 is 19.1 Å². The van der Waals surface area contributed by atoms with Crippen molar-refractivity contribution in [1.29, 1.82) is 0 Å². The summed E-state index contributed by atoms with van der Waals surface area (Å²) in [6.07, 6.45) is -5.11. The lowest BCUT2D eigenvalue weighted by Crippen LogP contribution is -2.56. The molecule has 1 fully saturated rings. The van der Waals surface area contributed by atoms with Crippen LogP contribution in [0.1, 0.15) is 12.5 Å². The molecule has 3 rings (SSSR count). The van der Waals surface area contributed by atoms with E-state index in [-0.39, 0.29) is 37.2 Å². The van der Waals surface area contributed by atoms with Crippen molar-refractivity contribution in [3.8, 4) is 0 Å². The molecule has 10 heteroatoms. The van der Waals surface area contributed by atoms with Gasteiger partial charge in [-0.15, -0.1) is 0 Å². The van der Waals surface area contributed by atoms with Crippen LogP contribution in [0.3, 0.4) is 0 Å². The van der Waals surface area contributed by atoms with Gasteiger partial charge in [-0.2, -0.15) is 23.2 Å². The maximum Gasteiger partial charge on any atom is 0.446 e. The lowest BCUT2D eigenvalue weighted by atomic mass is 10.1. The van der Waals surface area contributed by atoms with Crippen LogP contribution in [0.15, 0.2) is 40.3 Å². The van der Waals surface area contributed by atoms with Crippen molar-refractivity contribution in [2.45, 2.75) is 18.8 Å². The molecule has 0 spiro atoms. The average molecular weight is 385 g/mol. The average Bonchev–Trinajstić information content (AvgIpc) is 2.68. The van der Waals surface area contributed by atoms with Gasteiger partial charge in [0.2, 0.25) is 5.90 Å². The van der Waals surface area contributed by atoms with Crippen LogP contribution in [-0.4, -0.2) is 67.5 Å². The van der Waals surface area contributed by atoms with Gasteiger partial charge in [0.25, 0.3) is 6.02 Å². The minimum Gasteiger partial charge on any atom is -0.462 e. The molecule has 2 aliphatic heterocycles. The Morgan fingerprint density at radius 2 is 1.89 bits per heavy atom. The van der Waals surface area contributed by atoms with E-state index in [1.165, 1.54) is 24.0 Å². The van der Waals surface area contributed by atoms with Crippen molar-refractivity contribution in [1.82, 2.24) is 4.90 Å². The first kappa shape index (κ1) is 19.2. The van der Waals surface area contributed by atoms with E-state index in [4.69, 9.17) is 9.47 Å². The lowest BCUT2D eigenvalue weighted by molar-refractivity contribution is -0.204. The first-order valence-corrected chi connectivity index (χ1v) is 8.37. The van der Waals surface area contributed by atoms with Crippen LogP contribution in [0.5, 0.6) is 0 Å². The smallest absolute Gasteiger partial charge is 0.446 e. The molecule has 0 saturated carbocycles. The summed E-state index contributed by atoms with van der Waals surface area (Å²) in [5.41, 5.74) is -3.13. The van der Waals surface area contributed by atoms with Crippen LogP contribution in [0.4, 0.5) is 13.2 Å². The minimum absolute atomic E-state index is 0.240. The normalized spacial score (nSPS) is 23.2. The number of hydrogen-bond acceptors (Lipinski definition) is 7. The summed E-state index contributed by atoms with van der Waals surface area (Å²) in [6, 6.07) is 7.69. The van der Waals surface area contributed by atoms with Crippen LogP contribution in [0, 0.1) is 0 Å². The highest BCUT2D eigenvalue weighted by molar-refractivity contribution is 6.05. The fourth-order valence-corrected chi connectivity index (χ4v) is 2.60. The van der Waals surface area contributed by atoms with E-state index in [0.29, 0.717) is 13.2 Å². The molecule has 2 heterocycles. The van der Waals surface area contributed by atoms with E-state index in [1.54, 1.807) is 18.2 Å². The van der Waals surface area contributed by atoms with Crippen molar-refractivity contribution in [2.24, 2.45) is 9.98 Å². The number of carbonyl (C=O) groups is 1. The van der Waals surface area contributed by atoms with Crippen LogP contribution < -0.4 is 0 Å². The van der Waals surface area contributed by atoms with Gasteiger partial charge in [0, 0.05) is 18.7 Å². The highest BCUT2D eigenvalue weighted by atomic mass is 19.4. The molecule has 1 saturated heterocycles. The predicted molar refractivity (Wildman–Crippen MR) is 89.3 cm³/mol. The Bertz CT molecular complexity index is 746. The summed E-state index contributed by atoms with van der Waals surface area (Å²) < 4.78 is 57.4. The molecular weight excluding hydrogens is 367 g/mol. The van der Waals surface area contributed by atoms with Gasteiger partial charge in [-0.05, 0) is 19.1 Å². The molecule has 0 unspecified atom stereocenters. The summed E-state index contributed by atoms with van der Waals surface area (Å²) in [4.78, 5) is 21.0. The van der Waals surface area contributed by atoms with Crippen molar-refractivity contribution in [2.75, 3.05) is 32.9 Å². The quantitative estimate of drug-likeness (QED) is 0.744. The Balaban J connectivity index is 2.12. The molecule has 0 N–H and O–H groups in total. The number of esters is 1. The maximum atomic E-state index is 14.0. The van der Waals surface area contributed by atoms with E-state index in [1.807, 2.05) is 0 Å². The third-order valence-corrected chi connectivity index (χ3v) is 3.97. The summed E-state index contributed by atoms with van der Waals surface area (Å²) >= 11 is 0. The van der Waals surface area contributed by atoms with Crippen molar-refractivity contribution < 1.29 is 32.2 Å². The Hall–Kier alpha value is -2.62. The zero-order valence-corrected chi connectivity index (χ0v) is 14.5. The highest BCUT2D eigenvalue weighted by Crippen LogP contribution is 2.39. The lowest BCUT2D eigenvalue weighted by Gasteiger charge is -2.35. The Labute approximate surface area is 153 Å². The molecule has 0 aliphatic carbocycles. The Morgan fingerprint density at radius 3 is 2.48 bits per heavy atom. The monoisotopic (exact) mass is 385 g/mol. The third-order valence-electron chi connectivity index (χ3n) is 3.97. The molecule has 2 aliphatic rings. The van der Waals surface area contributed by atoms with Crippen LogP contribution in [0.2, 0.25) is 0 Å². The Kier molecular flexibility index (Phi) is 5.36. The summed E-state index contributed by atoms with van der Waals surface area (Å²) in [5, 5.41) is 0. The molecule has 7 nitrogen and oxygen atoms in total. The molecule has 27 heavy (non-hydrogen) atoms. The number of benzene rings is 1. The number of morpholine rings is 1. The molecule has 0 aromatic heterocycles. The second kappa shape index (κ2) is 7.55. The number of hydrogen-bond donors (Lipinski definition) is 0. The summed E-state index contributed by atoms with van der Waals surface area (Å²) in [5.74, 6) is -1.95. The first-order valence-electron chi connectivity index (χ1n) is 8.37. The van der Waals surface area contributed by atoms with Gasteiger partial charge in [0.1, 0.15) is 0 Å². The van der Waals surface area contributed by atoms with Crippen LogP contribution >= 0.6 is 0 Å². The number of rotatable bonds is 3. The predicted octanol–water partition coefficient (Wildman–Crippen LogP) is 1.97. The second-order valence-electron chi connectivity index (χ2n) is 5.77. The Morgan fingerprint density at radius 1 is 1.22 bits per heavy atom. The zero-order valence-electron chi connectivity index (χ0n) is 14.5. The zero-order chi connectivity index (χ0) is 19.5. The molecule has 0 bridgehead atoms. The van der Waals surface area contributed by atoms with Gasteiger partial charge in [-0.3, -0.25) is 0 Å². The van der Waals surface area contributed by atoms with E-state index in [9.17, 15) is 18.0 Å². The van der Waals surface area contributed by atoms with E-state index < -0.39 is 17.8 Å². The number of amidine groups is 1. The second-order valence-corrected chi connectivity index (χ2v) is 5.77. The van der Waals surface area contributed by atoms with E-state index in [2.05, 4.69) is 14.7 Å². The fraction of sp³-hybridized carbons (Fsp3) is 0.471. The number of nitrogens with zero attached hydrogens (tertiary/aromatic N) is 3. The highest BCUT2D eigenvalue weighted by Gasteiger charge is 2.65. The number of halogens is 3. The van der Waals surface area contributed by atoms with Gasteiger partial charge in [-0.1, -0.05) is 18.2 Å². The van der Waals surface area contributed by atoms with Gasteiger partial charge >= 0.3 is 17.8 Å². The third kappa shape index (κ3) is 3.75. The van der Waals surface area contributed by atoms with Gasteiger partial charge in [0.05, 0.1) is 19.8 Å². The molecule has 146 valence electrons.